The number of hydrogen-bond acceptors (Lipinski definition) is 3. The van der Waals surface area contributed by atoms with E-state index in [-0.39, 0.29) is 11.3 Å². The highest BCUT2D eigenvalue weighted by Gasteiger charge is 2.17. The SMILES string of the molecule is Cc1ccc(C(C)(C)C)cc1Sc1ccc(C(=O)NCc2cccc(C)c2C)o1. The second-order valence-corrected chi connectivity index (χ2v) is 9.54. The smallest absolute Gasteiger partial charge is 0.287 e. The maximum Gasteiger partial charge on any atom is 0.287 e. The van der Waals surface area contributed by atoms with Crippen LogP contribution in [0.4, 0.5) is 0 Å². The number of nitrogens with one attached hydrogen (secondary N) is 1. The summed E-state index contributed by atoms with van der Waals surface area (Å²) in [6.45, 7) is 13.4. The average Bonchev–Trinajstić information content (AvgIpc) is 3.12. The van der Waals surface area contributed by atoms with Gasteiger partial charge in [-0.15, -0.1) is 0 Å². The molecule has 1 N–H and O–H groups in total. The third kappa shape index (κ3) is 5.13. The normalized spacial score (nSPS) is 11.5. The summed E-state index contributed by atoms with van der Waals surface area (Å²) in [7, 11) is 0. The summed E-state index contributed by atoms with van der Waals surface area (Å²) in [5, 5.41) is 3.68. The number of rotatable bonds is 5. The Kier molecular flexibility index (Phi) is 6.23. The first-order chi connectivity index (χ1) is 13.6. The van der Waals surface area contributed by atoms with Crippen LogP contribution in [-0.4, -0.2) is 5.91 Å². The Morgan fingerprint density at radius 3 is 2.48 bits per heavy atom. The van der Waals surface area contributed by atoms with Crippen molar-refractivity contribution in [2.75, 3.05) is 0 Å². The summed E-state index contributed by atoms with van der Waals surface area (Å²) >= 11 is 1.55. The van der Waals surface area contributed by atoms with E-state index in [2.05, 4.69) is 71.1 Å². The van der Waals surface area contributed by atoms with Crippen LogP contribution in [0.2, 0.25) is 0 Å². The molecule has 29 heavy (non-hydrogen) atoms. The summed E-state index contributed by atoms with van der Waals surface area (Å²) < 4.78 is 5.82. The standard InChI is InChI=1S/C25H29NO2S/c1-16-8-7-9-19(18(16)3)15-26-24(27)21-12-13-23(28-21)29-22-14-20(25(4,5)6)11-10-17(22)2/h7-14H,15H2,1-6H3,(H,26,27). The molecular weight excluding hydrogens is 378 g/mol. The Morgan fingerprint density at radius 1 is 1.00 bits per heavy atom. The lowest BCUT2D eigenvalue weighted by molar-refractivity contribution is 0.0918. The van der Waals surface area contributed by atoms with E-state index in [9.17, 15) is 4.79 Å². The zero-order valence-electron chi connectivity index (χ0n) is 18.1. The highest BCUT2D eigenvalue weighted by atomic mass is 32.2. The van der Waals surface area contributed by atoms with Crippen molar-refractivity contribution in [2.24, 2.45) is 0 Å². The maximum absolute atomic E-state index is 12.5. The first-order valence-corrected chi connectivity index (χ1v) is 10.7. The summed E-state index contributed by atoms with van der Waals surface area (Å²) in [6.07, 6.45) is 0. The van der Waals surface area contributed by atoms with Crippen LogP contribution >= 0.6 is 11.8 Å². The summed E-state index contributed by atoms with van der Waals surface area (Å²) in [5.74, 6) is 0.139. The molecule has 1 heterocycles. The van der Waals surface area contributed by atoms with Crippen LogP contribution in [0.15, 0.2) is 62.9 Å². The fourth-order valence-electron chi connectivity index (χ4n) is 3.05. The number of amides is 1. The van der Waals surface area contributed by atoms with Gasteiger partial charge in [0.15, 0.2) is 10.9 Å². The van der Waals surface area contributed by atoms with Crippen LogP contribution in [0, 0.1) is 20.8 Å². The van der Waals surface area contributed by atoms with Gasteiger partial charge in [-0.25, -0.2) is 0 Å². The highest BCUT2D eigenvalue weighted by Crippen LogP contribution is 2.34. The third-order valence-electron chi connectivity index (χ3n) is 5.23. The average molecular weight is 408 g/mol. The van der Waals surface area contributed by atoms with Crippen LogP contribution in [-0.2, 0) is 12.0 Å². The fraction of sp³-hybridized carbons (Fsp3) is 0.320. The van der Waals surface area contributed by atoms with E-state index in [1.807, 2.05) is 18.2 Å². The Labute approximate surface area is 177 Å². The van der Waals surface area contributed by atoms with E-state index in [1.165, 1.54) is 22.3 Å². The van der Waals surface area contributed by atoms with E-state index in [4.69, 9.17) is 4.42 Å². The summed E-state index contributed by atoms with van der Waals surface area (Å²) in [5.41, 5.74) is 6.11. The van der Waals surface area contributed by atoms with Gasteiger partial charge in [-0.2, -0.15) is 0 Å². The molecule has 0 spiro atoms. The van der Waals surface area contributed by atoms with Gasteiger partial charge in [0.25, 0.3) is 5.91 Å². The zero-order valence-corrected chi connectivity index (χ0v) is 18.9. The molecule has 3 aromatic rings. The van der Waals surface area contributed by atoms with Gasteiger partial charge in [-0.05, 0) is 72.2 Å². The van der Waals surface area contributed by atoms with Crippen molar-refractivity contribution in [3.63, 3.8) is 0 Å². The minimum absolute atomic E-state index is 0.0884. The monoisotopic (exact) mass is 407 g/mol. The van der Waals surface area contributed by atoms with E-state index >= 15 is 0 Å². The molecule has 0 aliphatic carbocycles. The van der Waals surface area contributed by atoms with Gasteiger partial charge in [0.05, 0.1) is 0 Å². The Hall–Kier alpha value is -2.46. The van der Waals surface area contributed by atoms with Crippen molar-refractivity contribution < 1.29 is 9.21 Å². The van der Waals surface area contributed by atoms with Gasteiger partial charge in [-0.3, -0.25) is 4.79 Å². The molecule has 152 valence electrons. The van der Waals surface area contributed by atoms with Gasteiger partial charge in [0, 0.05) is 11.4 Å². The van der Waals surface area contributed by atoms with Crippen molar-refractivity contribution in [1.82, 2.24) is 5.32 Å². The molecule has 1 amide bonds. The molecule has 0 bridgehead atoms. The number of benzene rings is 2. The first-order valence-electron chi connectivity index (χ1n) is 9.87. The van der Waals surface area contributed by atoms with Crippen LogP contribution in [0.3, 0.4) is 0 Å². The van der Waals surface area contributed by atoms with Gasteiger partial charge in [0.2, 0.25) is 0 Å². The third-order valence-corrected chi connectivity index (χ3v) is 6.31. The number of carbonyl (C=O) groups excluding carboxylic acids is 1. The van der Waals surface area contributed by atoms with Gasteiger partial charge in [-0.1, -0.05) is 62.9 Å². The Balaban J connectivity index is 1.69. The molecule has 0 fully saturated rings. The molecule has 0 radical (unpaired) electrons. The number of carbonyl (C=O) groups is 1. The van der Waals surface area contributed by atoms with Gasteiger partial charge >= 0.3 is 0 Å². The van der Waals surface area contributed by atoms with Gasteiger partial charge in [0.1, 0.15) is 0 Å². The molecule has 0 aliphatic rings. The van der Waals surface area contributed by atoms with E-state index < -0.39 is 0 Å². The van der Waals surface area contributed by atoms with Crippen molar-refractivity contribution in [2.45, 2.75) is 63.5 Å². The summed E-state index contributed by atoms with van der Waals surface area (Å²) in [4.78, 5) is 13.7. The summed E-state index contributed by atoms with van der Waals surface area (Å²) in [6, 6.07) is 16.3. The van der Waals surface area contributed by atoms with E-state index in [0.29, 0.717) is 12.3 Å². The lowest BCUT2D eigenvalue weighted by Crippen LogP contribution is -2.22. The number of furan rings is 1. The van der Waals surface area contributed by atoms with E-state index in [0.717, 1.165) is 15.6 Å². The predicted octanol–water partition coefficient (Wildman–Crippen LogP) is 6.58. The molecule has 0 saturated heterocycles. The quantitative estimate of drug-likeness (QED) is 0.519. The van der Waals surface area contributed by atoms with Gasteiger partial charge < -0.3 is 9.73 Å². The minimum atomic E-state index is -0.196. The maximum atomic E-state index is 12.5. The van der Waals surface area contributed by atoms with E-state index in [1.54, 1.807) is 17.8 Å². The topological polar surface area (TPSA) is 42.2 Å². The van der Waals surface area contributed by atoms with Crippen molar-refractivity contribution in [3.05, 3.63) is 82.1 Å². The van der Waals surface area contributed by atoms with Crippen molar-refractivity contribution in [3.8, 4) is 0 Å². The van der Waals surface area contributed by atoms with Crippen LogP contribution in [0.1, 0.15) is 59.1 Å². The molecule has 3 nitrogen and oxygen atoms in total. The van der Waals surface area contributed by atoms with Crippen LogP contribution < -0.4 is 5.32 Å². The number of hydrogen-bond donors (Lipinski definition) is 1. The molecule has 3 rings (SSSR count). The van der Waals surface area contributed by atoms with Crippen LogP contribution in [0.5, 0.6) is 0 Å². The lowest BCUT2D eigenvalue weighted by Gasteiger charge is -2.20. The van der Waals surface area contributed by atoms with Crippen LogP contribution in [0.25, 0.3) is 0 Å². The Morgan fingerprint density at radius 2 is 1.76 bits per heavy atom. The fourth-order valence-corrected chi connectivity index (χ4v) is 3.95. The molecule has 0 atom stereocenters. The predicted molar refractivity (Wildman–Crippen MR) is 120 cm³/mol. The second-order valence-electron chi connectivity index (χ2n) is 8.49. The molecule has 0 unspecified atom stereocenters. The minimum Gasteiger partial charge on any atom is -0.444 e. The molecule has 0 saturated carbocycles. The van der Waals surface area contributed by atoms with Crippen molar-refractivity contribution >= 4 is 17.7 Å². The molecule has 0 aliphatic heterocycles. The lowest BCUT2D eigenvalue weighted by atomic mass is 9.87. The Bertz CT molecular complexity index is 1030. The number of aryl methyl sites for hydroxylation is 2. The highest BCUT2D eigenvalue weighted by molar-refractivity contribution is 7.99. The largest absolute Gasteiger partial charge is 0.444 e. The zero-order chi connectivity index (χ0) is 21.2. The molecule has 4 heteroatoms. The molecule has 1 aromatic heterocycles. The second kappa shape index (κ2) is 8.50. The molecule has 2 aromatic carbocycles. The first kappa shape index (κ1) is 21.3. The molecular formula is C25H29NO2S. The van der Waals surface area contributed by atoms with Crippen molar-refractivity contribution in [1.29, 1.82) is 0 Å².